The summed E-state index contributed by atoms with van der Waals surface area (Å²) >= 11 is 5.28. The first kappa shape index (κ1) is 14.1. The van der Waals surface area contributed by atoms with Crippen LogP contribution in [0.15, 0.2) is 23.0 Å². The fourth-order valence-electron chi connectivity index (χ4n) is 3.33. The topological polar surface area (TPSA) is 74.6 Å². The fraction of sp³-hybridized carbons (Fsp3) is 0.500. The fourth-order valence-corrected chi connectivity index (χ4v) is 3.55. The molecule has 0 amide bonds. The van der Waals surface area contributed by atoms with Gasteiger partial charge in [-0.05, 0) is 30.6 Å². The number of hydrogen-bond acceptors (Lipinski definition) is 3. The van der Waals surface area contributed by atoms with Gasteiger partial charge >= 0.3 is 5.97 Å². The van der Waals surface area contributed by atoms with Gasteiger partial charge in [-0.25, -0.2) is 0 Å². The molecule has 2 N–H and O–H groups in total. The van der Waals surface area contributed by atoms with E-state index in [-0.39, 0.29) is 18.0 Å². The number of fused-ring (bicyclic) bond motifs is 4. The number of pyridine rings is 1. The summed E-state index contributed by atoms with van der Waals surface area (Å²) in [7, 11) is 0. The Morgan fingerprint density at radius 1 is 1.38 bits per heavy atom. The molecule has 2 aliphatic heterocycles. The molecule has 2 bridgehead atoms. The normalized spacial score (nSPS) is 23.3. The number of rotatable bonds is 2. The van der Waals surface area contributed by atoms with Gasteiger partial charge in [0.2, 0.25) is 0 Å². The molecule has 1 aromatic rings. The second kappa shape index (κ2) is 5.48. The highest BCUT2D eigenvalue weighted by Crippen LogP contribution is 2.34. The summed E-state index contributed by atoms with van der Waals surface area (Å²) in [6, 6.07) is 5.40. The molecule has 0 aliphatic carbocycles. The van der Waals surface area contributed by atoms with Crippen LogP contribution in [0.4, 0.5) is 0 Å². The number of carboxylic acids is 1. The SMILES string of the molecule is O=C(O)CNC(=S)N1C[C@H]2C[C@@H](C1)c1cccc(=O)n1C2. The Balaban J connectivity index is 1.77. The van der Waals surface area contributed by atoms with Gasteiger partial charge < -0.3 is 19.9 Å². The molecule has 0 unspecified atom stereocenters. The van der Waals surface area contributed by atoms with Crippen molar-refractivity contribution in [1.29, 1.82) is 0 Å². The third kappa shape index (κ3) is 2.78. The number of carboxylic acid groups (broad SMARTS) is 1. The van der Waals surface area contributed by atoms with Crippen LogP contribution in [-0.4, -0.2) is 45.3 Å². The van der Waals surface area contributed by atoms with Crippen LogP contribution in [0.25, 0.3) is 0 Å². The van der Waals surface area contributed by atoms with Gasteiger partial charge in [0.25, 0.3) is 5.56 Å². The maximum atomic E-state index is 11.9. The second-order valence-corrected chi connectivity index (χ2v) is 6.04. The summed E-state index contributed by atoms with van der Waals surface area (Å²) in [5.74, 6) is -0.275. The highest BCUT2D eigenvalue weighted by atomic mass is 32.1. The number of piperidine rings is 1. The number of hydrogen-bond donors (Lipinski definition) is 2. The summed E-state index contributed by atoms with van der Waals surface area (Å²) < 4.78 is 1.86. The van der Waals surface area contributed by atoms with E-state index in [0.29, 0.717) is 17.6 Å². The van der Waals surface area contributed by atoms with E-state index in [1.807, 2.05) is 15.5 Å². The lowest BCUT2D eigenvalue weighted by molar-refractivity contribution is -0.135. The van der Waals surface area contributed by atoms with Gasteiger partial charge in [0.1, 0.15) is 6.54 Å². The molecule has 6 nitrogen and oxygen atoms in total. The van der Waals surface area contributed by atoms with Crippen molar-refractivity contribution in [3.63, 3.8) is 0 Å². The monoisotopic (exact) mass is 307 g/mol. The van der Waals surface area contributed by atoms with E-state index in [2.05, 4.69) is 5.32 Å². The number of aliphatic carboxylic acids is 1. The van der Waals surface area contributed by atoms with E-state index in [0.717, 1.165) is 25.2 Å². The lowest BCUT2D eigenvalue weighted by atomic mass is 9.83. The van der Waals surface area contributed by atoms with Crippen LogP contribution in [0.1, 0.15) is 18.0 Å². The lowest BCUT2D eigenvalue weighted by Gasteiger charge is -2.43. The van der Waals surface area contributed by atoms with E-state index < -0.39 is 5.97 Å². The van der Waals surface area contributed by atoms with E-state index in [1.54, 1.807) is 12.1 Å². The first-order chi connectivity index (χ1) is 10.0. The molecule has 2 atom stereocenters. The minimum absolute atomic E-state index is 0.0576. The number of thiocarbonyl (C=S) groups is 1. The Labute approximate surface area is 127 Å². The molecule has 3 rings (SSSR count). The van der Waals surface area contributed by atoms with Gasteiger partial charge in [-0.3, -0.25) is 9.59 Å². The number of likely N-dealkylation sites (tertiary alicyclic amines) is 1. The van der Waals surface area contributed by atoms with Crippen molar-refractivity contribution < 1.29 is 9.90 Å². The molecule has 1 saturated heterocycles. The van der Waals surface area contributed by atoms with Gasteiger partial charge in [-0.1, -0.05) is 6.07 Å². The van der Waals surface area contributed by atoms with Crippen LogP contribution in [0, 0.1) is 5.92 Å². The first-order valence-corrected chi connectivity index (χ1v) is 7.39. The standard InChI is InChI=1S/C14H17N3O3S/c18-12-3-1-2-11-10-4-9(7-17(11)12)6-16(8-10)14(21)15-5-13(19)20/h1-3,9-10H,4-8H2,(H,15,21)(H,19,20)/t9-,10+/m1/s1. The Kier molecular flexibility index (Phi) is 3.67. The van der Waals surface area contributed by atoms with Crippen molar-refractivity contribution >= 4 is 23.3 Å². The Hall–Kier alpha value is -1.89. The minimum atomic E-state index is -0.925. The maximum absolute atomic E-state index is 11.9. The summed E-state index contributed by atoms with van der Waals surface area (Å²) in [5, 5.41) is 12.0. The molecule has 0 saturated carbocycles. The van der Waals surface area contributed by atoms with Crippen LogP contribution in [0.5, 0.6) is 0 Å². The molecule has 112 valence electrons. The Morgan fingerprint density at radius 2 is 2.19 bits per heavy atom. The summed E-state index contributed by atoms with van der Waals surface area (Å²) in [6.07, 6.45) is 1.06. The molecular formula is C14H17N3O3S. The number of carbonyl (C=O) groups is 1. The quantitative estimate of drug-likeness (QED) is 0.762. The molecule has 21 heavy (non-hydrogen) atoms. The van der Waals surface area contributed by atoms with Crippen LogP contribution in [-0.2, 0) is 11.3 Å². The zero-order valence-electron chi connectivity index (χ0n) is 11.5. The van der Waals surface area contributed by atoms with Gasteiger partial charge in [0.05, 0.1) is 0 Å². The summed E-state index contributed by atoms with van der Waals surface area (Å²) in [5.41, 5.74) is 1.12. The van der Waals surface area contributed by atoms with Crippen molar-refractivity contribution in [2.75, 3.05) is 19.6 Å². The third-order valence-electron chi connectivity index (χ3n) is 4.16. The van der Waals surface area contributed by atoms with Crippen LogP contribution in [0.2, 0.25) is 0 Å². The molecule has 0 aromatic carbocycles. The highest BCUT2D eigenvalue weighted by molar-refractivity contribution is 7.80. The molecule has 0 radical (unpaired) electrons. The average Bonchev–Trinajstić information content (AvgIpc) is 2.45. The second-order valence-electron chi connectivity index (χ2n) is 5.66. The number of nitrogens with zero attached hydrogens (tertiary/aromatic N) is 2. The van der Waals surface area contributed by atoms with E-state index in [9.17, 15) is 9.59 Å². The van der Waals surface area contributed by atoms with Gasteiger partial charge in [-0.15, -0.1) is 0 Å². The number of aromatic nitrogens is 1. The highest BCUT2D eigenvalue weighted by Gasteiger charge is 2.35. The Morgan fingerprint density at radius 3 is 2.95 bits per heavy atom. The van der Waals surface area contributed by atoms with Crippen molar-refractivity contribution in [2.45, 2.75) is 18.9 Å². The minimum Gasteiger partial charge on any atom is -0.480 e. The average molecular weight is 307 g/mol. The predicted octanol–water partition coefficient (Wildman–Crippen LogP) is 0.226. The lowest BCUT2D eigenvalue weighted by Crippen LogP contribution is -2.52. The number of nitrogens with one attached hydrogen (secondary N) is 1. The van der Waals surface area contributed by atoms with Crippen LogP contribution >= 0.6 is 12.2 Å². The summed E-state index contributed by atoms with van der Waals surface area (Å²) in [4.78, 5) is 24.6. The van der Waals surface area contributed by atoms with E-state index >= 15 is 0 Å². The van der Waals surface area contributed by atoms with E-state index in [1.165, 1.54) is 0 Å². The van der Waals surface area contributed by atoms with Crippen molar-refractivity contribution in [3.05, 3.63) is 34.2 Å². The largest absolute Gasteiger partial charge is 0.480 e. The smallest absolute Gasteiger partial charge is 0.322 e. The van der Waals surface area contributed by atoms with Crippen molar-refractivity contribution in [1.82, 2.24) is 14.8 Å². The van der Waals surface area contributed by atoms with Crippen molar-refractivity contribution in [2.24, 2.45) is 5.92 Å². The Bertz CT molecular complexity index is 643. The third-order valence-corrected chi connectivity index (χ3v) is 4.56. The molecule has 1 fully saturated rings. The van der Waals surface area contributed by atoms with Gasteiger partial charge in [0, 0.05) is 37.3 Å². The van der Waals surface area contributed by atoms with Gasteiger partial charge in [0.15, 0.2) is 5.11 Å². The predicted molar refractivity (Wildman–Crippen MR) is 81.4 cm³/mol. The molecule has 1 aromatic heterocycles. The van der Waals surface area contributed by atoms with Crippen LogP contribution in [0.3, 0.4) is 0 Å². The first-order valence-electron chi connectivity index (χ1n) is 6.99. The molecular weight excluding hydrogens is 290 g/mol. The van der Waals surface area contributed by atoms with Crippen LogP contribution < -0.4 is 10.9 Å². The zero-order valence-corrected chi connectivity index (χ0v) is 12.3. The molecule has 7 heteroatoms. The summed E-state index contributed by atoms with van der Waals surface area (Å²) in [6.45, 7) is 2.04. The molecule has 2 aliphatic rings. The zero-order chi connectivity index (χ0) is 15.0. The maximum Gasteiger partial charge on any atom is 0.322 e. The molecule has 0 spiro atoms. The van der Waals surface area contributed by atoms with Crippen molar-refractivity contribution in [3.8, 4) is 0 Å². The van der Waals surface area contributed by atoms with E-state index in [4.69, 9.17) is 17.3 Å². The molecule has 3 heterocycles. The van der Waals surface area contributed by atoms with Gasteiger partial charge in [-0.2, -0.15) is 0 Å².